The number of esters is 1. The van der Waals surface area contributed by atoms with Gasteiger partial charge in [0.05, 0.1) is 6.42 Å². The molecule has 1 atom stereocenters. The highest BCUT2D eigenvalue weighted by molar-refractivity contribution is 5.99. The second-order valence-corrected chi connectivity index (χ2v) is 6.72. The summed E-state index contributed by atoms with van der Waals surface area (Å²) in [7, 11) is 0. The van der Waals surface area contributed by atoms with Gasteiger partial charge in [-0.05, 0) is 50.1 Å². The molecule has 0 spiro atoms. The molecule has 0 saturated heterocycles. The first-order chi connectivity index (χ1) is 13.3. The Morgan fingerprint density at radius 1 is 1.04 bits per heavy atom. The number of Topliss-reactive ketones (excluding diaryl/α,β-unsaturated/α-hetero) is 1. The number of carbonyl (C=O) groups is 3. The molecule has 2 aromatic rings. The Kier molecular flexibility index (Phi) is 7.44. The third-order valence-electron chi connectivity index (χ3n) is 4.31. The number of carbonyl (C=O) groups excluding carboxylic acids is 3. The van der Waals surface area contributed by atoms with Gasteiger partial charge in [-0.2, -0.15) is 0 Å². The summed E-state index contributed by atoms with van der Waals surface area (Å²) < 4.78 is 18.0. The number of aryl methyl sites for hydroxylation is 2. The van der Waals surface area contributed by atoms with Crippen LogP contribution in [-0.4, -0.2) is 23.8 Å². The molecule has 6 heteroatoms. The predicted octanol–water partition coefficient (Wildman–Crippen LogP) is 3.65. The van der Waals surface area contributed by atoms with Crippen molar-refractivity contribution >= 4 is 17.7 Å². The van der Waals surface area contributed by atoms with E-state index in [2.05, 4.69) is 5.32 Å². The number of halogens is 1. The molecule has 0 fully saturated rings. The Balaban J connectivity index is 1.78. The van der Waals surface area contributed by atoms with Crippen molar-refractivity contribution in [2.75, 3.05) is 0 Å². The number of ether oxygens (including phenoxy) is 1. The lowest BCUT2D eigenvalue weighted by atomic mass is 9.99. The SMILES string of the molecule is Cc1ccc(C)c(C(=O)CCC(=O)O[C@@H](C)C(=O)NCc2ccc(F)cc2)c1. The van der Waals surface area contributed by atoms with E-state index in [1.54, 1.807) is 18.2 Å². The molecule has 1 N–H and O–H groups in total. The topological polar surface area (TPSA) is 72.5 Å². The molecule has 148 valence electrons. The zero-order chi connectivity index (χ0) is 20.7. The van der Waals surface area contributed by atoms with Crippen molar-refractivity contribution in [2.24, 2.45) is 0 Å². The van der Waals surface area contributed by atoms with Crippen LogP contribution in [-0.2, 0) is 20.9 Å². The first kappa shape index (κ1) is 21.3. The third kappa shape index (κ3) is 6.30. The summed E-state index contributed by atoms with van der Waals surface area (Å²) in [5, 5.41) is 2.62. The fourth-order valence-corrected chi connectivity index (χ4v) is 2.63. The smallest absolute Gasteiger partial charge is 0.307 e. The molecule has 0 aliphatic heterocycles. The molecular weight excluding hydrogens is 361 g/mol. The maximum atomic E-state index is 12.9. The summed E-state index contributed by atoms with van der Waals surface area (Å²) in [6, 6.07) is 11.3. The molecule has 5 nitrogen and oxygen atoms in total. The van der Waals surface area contributed by atoms with E-state index in [1.165, 1.54) is 19.1 Å². The average Bonchev–Trinajstić information content (AvgIpc) is 2.67. The molecule has 0 saturated carbocycles. The average molecular weight is 385 g/mol. The van der Waals surface area contributed by atoms with Crippen molar-refractivity contribution in [3.05, 3.63) is 70.5 Å². The van der Waals surface area contributed by atoms with Gasteiger partial charge in [0.1, 0.15) is 5.82 Å². The van der Waals surface area contributed by atoms with Gasteiger partial charge in [0, 0.05) is 18.5 Å². The van der Waals surface area contributed by atoms with Crippen LogP contribution in [0, 0.1) is 19.7 Å². The second-order valence-electron chi connectivity index (χ2n) is 6.72. The van der Waals surface area contributed by atoms with Gasteiger partial charge in [0.2, 0.25) is 0 Å². The maximum absolute atomic E-state index is 12.9. The molecule has 0 aliphatic rings. The van der Waals surface area contributed by atoms with E-state index in [1.807, 2.05) is 26.0 Å². The highest BCUT2D eigenvalue weighted by atomic mass is 19.1. The Hall–Kier alpha value is -3.02. The zero-order valence-electron chi connectivity index (χ0n) is 16.3. The molecule has 0 aliphatic carbocycles. The Bertz CT molecular complexity index is 861. The molecule has 28 heavy (non-hydrogen) atoms. The lowest BCUT2D eigenvalue weighted by Gasteiger charge is -2.13. The van der Waals surface area contributed by atoms with Gasteiger partial charge in [0.15, 0.2) is 11.9 Å². The molecule has 0 heterocycles. The zero-order valence-corrected chi connectivity index (χ0v) is 16.3. The highest BCUT2D eigenvalue weighted by Gasteiger charge is 2.19. The molecule has 2 rings (SSSR count). The summed E-state index contributed by atoms with van der Waals surface area (Å²) in [4.78, 5) is 36.3. The van der Waals surface area contributed by atoms with Crippen LogP contribution in [0.2, 0.25) is 0 Å². The van der Waals surface area contributed by atoms with E-state index in [4.69, 9.17) is 4.74 Å². The van der Waals surface area contributed by atoms with Crippen molar-refractivity contribution in [1.82, 2.24) is 5.32 Å². The standard InChI is InChI=1S/C22H24FNO4/c1-14-4-5-15(2)19(12-14)20(25)10-11-21(26)28-16(3)22(27)24-13-17-6-8-18(23)9-7-17/h4-9,12,16H,10-11,13H2,1-3H3,(H,24,27)/t16-/m0/s1. The maximum Gasteiger partial charge on any atom is 0.307 e. The van der Waals surface area contributed by atoms with E-state index < -0.39 is 18.0 Å². The molecule has 0 bridgehead atoms. The Morgan fingerprint density at radius 3 is 2.39 bits per heavy atom. The summed E-state index contributed by atoms with van der Waals surface area (Å²) in [6.07, 6.45) is -1.06. The Morgan fingerprint density at radius 2 is 1.71 bits per heavy atom. The van der Waals surface area contributed by atoms with E-state index in [0.29, 0.717) is 5.56 Å². The molecule has 1 amide bonds. The fraction of sp³-hybridized carbons (Fsp3) is 0.318. The molecule has 0 aromatic heterocycles. The minimum Gasteiger partial charge on any atom is -0.453 e. The lowest BCUT2D eigenvalue weighted by Crippen LogP contribution is -2.35. The van der Waals surface area contributed by atoms with Crippen LogP contribution in [0.4, 0.5) is 4.39 Å². The van der Waals surface area contributed by atoms with Crippen LogP contribution in [0.5, 0.6) is 0 Å². The quantitative estimate of drug-likeness (QED) is 0.556. The summed E-state index contributed by atoms with van der Waals surface area (Å²) in [6.45, 7) is 5.41. The number of rotatable bonds is 8. The molecule has 0 radical (unpaired) electrons. The van der Waals surface area contributed by atoms with Crippen LogP contribution in [0.15, 0.2) is 42.5 Å². The van der Waals surface area contributed by atoms with Crippen LogP contribution >= 0.6 is 0 Å². The van der Waals surface area contributed by atoms with Gasteiger partial charge in [0.25, 0.3) is 5.91 Å². The first-order valence-electron chi connectivity index (χ1n) is 9.08. The minimum atomic E-state index is -0.983. The van der Waals surface area contributed by atoms with Crippen molar-refractivity contribution in [2.45, 2.75) is 46.3 Å². The number of benzene rings is 2. The van der Waals surface area contributed by atoms with Crippen LogP contribution in [0.3, 0.4) is 0 Å². The highest BCUT2D eigenvalue weighted by Crippen LogP contribution is 2.14. The van der Waals surface area contributed by atoms with Crippen molar-refractivity contribution < 1.29 is 23.5 Å². The van der Waals surface area contributed by atoms with E-state index in [-0.39, 0.29) is 31.0 Å². The monoisotopic (exact) mass is 385 g/mol. The summed E-state index contributed by atoms with van der Waals surface area (Å²) >= 11 is 0. The number of nitrogens with one attached hydrogen (secondary N) is 1. The van der Waals surface area contributed by atoms with E-state index in [9.17, 15) is 18.8 Å². The number of hydrogen-bond acceptors (Lipinski definition) is 4. The van der Waals surface area contributed by atoms with Gasteiger partial charge < -0.3 is 10.1 Å². The van der Waals surface area contributed by atoms with Gasteiger partial charge >= 0.3 is 5.97 Å². The van der Waals surface area contributed by atoms with Gasteiger partial charge in [-0.1, -0.05) is 29.8 Å². The first-order valence-corrected chi connectivity index (χ1v) is 9.08. The van der Waals surface area contributed by atoms with Crippen molar-refractivity contribution in [3.8, 4) is 0 Å². The predicted molar refractivity (Wildman–Crippen MR) is 103 cm³/mol. The van der Waals surface area contributed by atoms with Crippen molar-refractivity contribution in [3.63, 3.8) is 0 Å². The third-order valence-corrected chi connectivity index (χ3v) is 4.31. The minimum absolute atomic E-state index is 0.0209. The largest absolute Gasteiger partial charge is 0.453 e. The number of amides is 1. The summed E-state index contributed by atoms with van der Waals surface area (Å²) in [5.74, 6) is -1.55. The van der Waals surface area contributed by atoms with Crippen LogP contribution < -0.4 is 5.32 Å². The Labute approximate surface area is 163 Å². The van der Waals surface area contributed by atoms with Crippen LogP contribution in [0.25, 0.3) is 0 Å². The normalized spacial score (nSPS) is 11.6. The van der Waals surface area contributed by atoms with Crippen LogP contribution in [0.1, 0.15) is 46.8 Å². The van der Waals surface area contributed by atoms with Gasteiger partial charge in [-0.3, -0.25) is 14.4 Å². The fourth-order valence-electron chi connectivity index (χ4n) is 2.63. The van der Waals surface area contributed by atoms with Gasteiger partial charge in [-0.15, -0.1) is 0 Å². The van der Waals surface area contributed by atoms with E-state index >= 15 is 0 Å². The molecule has 2 aromatic carbocycles. The second kappa shape index (κ2) is 9.78. The molecule has 0 unspecified atom stereocenters. The van der Waals surface area contributed by atoms with Crippen molar-refractivity contribution in [1.29, 1.82) is 0 Å². The van der Waals surface area contributed by atoms with Gasteiger partial charge in [-0.25, -0.2) is 4.39 Å². The van der Waals surface area contributed by atoms with E-state index in [0.717, 1.165) is 16.7 Å². The number of hydrogen-bond donors (Lipinski definition) is 1. The lowest BCUT2D eigenvalue weighted by molar-refractivity contribution is -0.154. The summed E-state index contributed by atoms with van der Waals surface area (Å²) in [5.41, 5.74) is 3.16. The number of ketones is 1. The molecular formula is C22H24FNO4.